The van der Waals surface area contributed by atoms with Gasteiger partial charge in [0.2, 0.25) is 0 Å². The van der Waals surface area contributed by atoms with Gasteiger partial charge < -0.3 is 10.6 Å². The first-order valence-corrected chi connectivity index (χ1v) is 9.65. The lowest BCUT2D eigenvalue weighted by Crippen LogP contribution is -2.42. The monoisotopic (exact) mass is 393 g/mol. The molecule has 0 saturated carbocycles. The largest absolute Gasteiger partial charge is 0.354 e. The van der Waals surface area contributed by atoms with E-state index in [0.29, 0.717) is 22.4 Å². The maximum absolute atomic E-state index is 13.7. The fourth-order valence-electron chi connectivity index (χ4n) is 1.74. The molecule has 0 fully saturated rings. The van der Waals surface area contributed by atoms with Crippen molar-refractivity contribution in [1.29, 1.82) is 0 Å². The summed E-state index contributed by atoms with van der Waals surface area (Å²) < 4.78 is 36.7. The summed E-state index contributed by atoms with van der Waals surface area (Å²) in [6.45, 7) is 2.16. The van der Waals surface area contributed by atoms with Crippen LogP contribution in [0, 0.1) is 5.82 Å². The van der Waals surface area contributed by atoms with Gasteiger partial charge in [-0.15, -0.1) is 0 Å². The van der Waals surface area contributed by atoms with Crippen LogP contribution in [0.2, 0.25) is 0 Å². The topological polar surface area (TPSA) is 70.6 Å². The maximum Gasteiger partial charge on any atom is 0.191 e. The maximum atomic E-state index is 13.7. The summed E-state index contributed by atoms with van der Waals surface area (Å²) >= 11 is 3.21. The highest BCUT2D eigenvalue weighted by Crippen LogP contribution is 2.14. The molecular formula is C14H21BrFN3O2S. The van der Waals surface area contributed by atoms with Gasteiger partial charge in [-0.1, -0.05) is 22.0 Å². The van der Waals surface area contributed by atoms with Crippen LogP contribution >= 0.6 is 15.9 Å². The number of sulfone groups is 1. The van der Waals surface area contributed by atoms with Gasteiger partial charge in [-0.05, 0) is 25.5 Å². The minimum Gasteiger partial charge on any atom is -0.354 e. The Hall–Kier alpha value is -1.15. The van der Waals surface area contributed by atoms with Gasteiger partial charge in [0.25, 0.3) is 0 Å². The molecule has 0 radical (unpaired) electrons. The van der Waals surface area contributed by atoms with Crippen molar-refractivity contribution >= 4 is 31.7 Å². The molecule has 1 rings (SSSR count). The second-order valence-electron chi connectivity index (χ2n) is 5.13. The Balaban J connectivity index is 2.52. The number of nitrogens with zero attached hydrogens (tertiary/aromatic N) is 1. The normalized spacial score (nSPS) is 13.8. The van der Waals surface area contributed by atoms with Crippen molar-refractivity contribution in [2.45, 2.75) is 25.9 Å². The molecule has 0 spiro atoms. The zero-order valence-electron chi connectivity index (χ0n) is 12.9. The minimum absolute atomic E-state index is 0.0595. The third-order valence-electron chi connectivity index (χ3n) is 2.99. The fourth-order valence-corrected chi connectivity index (χ4v) is 2.85. The molecule has 5 nitrogen and oxygen atoms in total. The molecule has 0 bridgehead atoms. The molecule has 22 heavy (non-hydrogen) atoms. The Morgan fingerprint density at radius 3 is 2.68 bits per heavy atom. The quantitative estimate of drug-likeness (QED) is 0.573. The van der Waals surface area contributed by atoms with Gasteiger partial charge in [-0.25, -0.2) is 12.8 Å². The molecule has 0 aromatic heterocycles. The summed E-state index contributed by atoms with van der Waals surface area (Å²) in [6, 6.07) is 4.80. The number of rotatable bonds is 6. The lowest BCUT2D eigenvalue weighted by molar-refractivity contribution is 0.578. The first-order chi connectivity index (χ1) is 10.2. The summed E-state index contributed by atoms with van der Waals surface area (Å²) in [5.41, 5.74) is 0.523. The Morgan fingerprint density at radius 1 is 1.45 bits per heavy atom. The fraction of sp³-hybridized carbons (Fsp3) is 0.500. The van der Waals surface area contributed by atoms with E-state index < -0.39 is 9.84 Å². The number of benzene rings is 1. The lowest BCUT2D eigenvalue weighted by atomic mass is 10.2. The molecule has 1 aromatic carbocycles. The summed E-state index contributed by atoms with van der Waals surface area (Å²) in [7, 11) is -1.37. The number of guanidine groups is 1. The van der Waals surface area contributed by atoms with Crippen LogP contribution in [0.3, 0.4) is 0 Å². The average molecular weight is 394 g/mol. The molecule has 0 aliphatic rings. The van der Waals surface area contributed by atoms with Gasteiger partial charge >= 0.3 is 0 Å². The molecule has 124 valence electrons. The van der Waals surface area contributed by atoms with Crippen molar-refractivity contribution in [3.63, 3.8) is 0 Å². The van der Waals surface area contributed by atoms with Crippen LogP contribution in [0.4, 0.5) is 4.39 Å². The van der Waals surface area contributed by atoms with Crippen LogP contribution in [-0.4, -0.2) is 39.5 Å². The Morgan fingerprint density at radius 2 is 2.14 bits per heavy atom. The van der Waals surface area contributed by atoms with E-state index in [9.17, 15) is 12.8 Å². The zero-order valence-corrected chi connectivity index (χ0v) is 15.3. The van der Waals surface area contributed by atoms with Crippen molar-refractivity contribution in [3.05, 3.63) is 34.1 Å². The van der Waals surface area contributed by atoms with Crippen molar-refractivity contribution in [2.24, 2.45) is 4.99 Å². The van der Waals surface area contributed by atoms with Crippen LogP contribution in [0.15, 0.2) is 27.7 Å². The van der Waals surface area contributed by atoms with Crippen LogP contribution in [0.5, 0.6) is 0 Å². The van der Waals surface area contributed by atoms with Crippen LogP contribution in [0.1, 0.15) is 18.9 Å². The van der Waals surface area contributed by atoms with E-state index in [2.05, 4.69) is 31.6 Å². The van der Waals surface area contributed by atoms with Gasteiger partial charge in [0.1, 0.15) is 15.7 Å². The third kappa shape index (κ3) is 7.22. The van der Waals surface area contributed by atoms with Gasteiger partial charge in [0, 0.05) is 35.9 Å². The molecule has 0 amide bonds. The Bertz CT molecular complexity index is 635. The van der Waals surface area contributed by atoms with Crippen LogP contribution in [-0.2, 0) is 16.4 Å². The molecule has 0 aliphatic carbocycles. The molecule has 0 saturated heterocycles. The molecule has 1 atom stereocenters. The Kier molecular flexibility index (Phi) is 7.28. The van der Waals surface area contributed by atoms with E-state index in [0.717, 1.165) is 0 Å². The van der Waals surface area contributed by atoms with Crippen LogP contribution in [0.25, 0.3) is 0 Å². The van der Waals surface area contributed by atoms with Gasteiger partial charge in [0.05, 0.1) is 5.75 Å². The summed E-state index contributed by atoms with van der Waals surface area (Å²) in [4.78, 5) is 4.05. The van der Waals surface area contributed by atoms with Crippen molar-refractivity contribution in [3.8, 4) is 0 Å². The molecule has 2 N–H and O–H groups in total. The SMILES string of the molecule is CN=C(NCc1ccc(Br)cc1F)NC(C)CCS(C)(=O)=O. The van der Waals surface area contributed by atoms with E-state index in [4.69, 9.17) is 0 Å². The van der Waals surface area contributed by atoms with Crippen molar-refractivity contribution in [2.75, 3.05) is 19.1 Å². The van der Waals surface area contributed by atoms with E-state index in [-0.39, 0.29) is 24.2 Å². The number of aliphatic imine (C=N–C) groups is 1. The predicted molar refractivity (Wildman–Crippen MR) is 91.2 cm³/mol. The molecule has 1 aromatic rings. The first kappa shape index (κ1) is 18.9. The van der Waals surface area contributed by atoms with Crippen molar-refractivity contribution < 1.29 is 12.8 Å². The second-order valence-corrected chi connectivity index (χ2v) is 8.30. The number of nitrogens with one attached hydrogen (secondary N) is 2. The predicted octanol–water partition coefficient (Wildman–Crippen LogP) is 2.08. The Labute approximate surface area is 139 Å². The number of hydrogen-bond acceptors (Lipinski definition) is 3. The average Bonchev–Trinajstić information content (AvgIpc) is 2.42. The summed E-state index contributed by atoms with van der Waals surface area (Å²) in [6.07, 6.45) is 1.69. The first-order valence-electron chi connectivity index (χ1n) is 6.80. The summed E-state index contributed by atoms with van der Waals surface area (Å²) in [5.74, 6) is 0.310. The highest BCUT2D eigenvalue weighted by Gasteiger charge is 2.10. The van der Waals surface area contributed by atoms with E-state index in [1.807, 2.05) is 6.92 Å². The van der Waals surface area contributed by atoms with Gasteiger partial charge in [-0.2, -0.15) is 0 Å². The standard InChI is InChI=1S/C14H21BrFN3O2S/c1-10(6-7-22(3,20)21)19-14(17-2)18-9-11-4-5-12(15)8-13(11)16/h4-5,8,10H,6-7,9H2,1-3H3,(H2,17,18,19). The molecule has 1 unspecified atom stereocenters. The smallest absolute Gasteiger partial charge is 0.191 e. The van der Waals surface area contributed by atoms with Crippen molar-refractivity contribution in [1.82, 2.24) is 10.6 Å². The number of hydrogen-bond donors (Lipinski definition) is 2. The molecule has 0 heterocycles. The molecule has 0 aliphatic heterocycles. The van der Waals surface area contributed by atoms with E-state index in [1.165, 1.54) is 12.3 Å². The highest BCUT2D eigenvalue weighted by molar-refractivity contribution is 9.10. The van der Waals surface area contributed by atoms with Crippen LogP contribution < -0.4 is 10.6 Å². The van der Waals surface area contributed by atoms with E-state index in [1.54, 1.807) is 19.2 Å². The number of halogens is 2. The third-order valence-corrected chi connectivity index (χ3v) is 4.46. The molecular weight excluding hydrogens is 373 g/mol. The second kappa shape index (κ2) is 8.47. The minimum atomic E-state index is -2.98. The summed E-state index contributed by atoms with van der Waals surface area (Å²) in [5, 5.41) is 6.09. The van der Waals surface area contributed by atoms with E-state index >= 15 is 0 Å². The van der Waals surface area contributed by atoms with Gasteiger partial charge in [-0.3, -0.25) is 4.99 Å². The molecule has 8 heteroatoms. The highest BCUT2D eigenvalue weighted by atomic mass is 79.9. The van der Waals surface area contributed by atoms with Gasteiger partial charge in [0.15, 0.2) is 5.96 Å². The zero-order chi connectivity index (χ0) is 16.8. The lowest BCUT2D eigenvalue weighted by Gasteiger charge is -2.17.